The third kappa shape index (κ3) is 2.52. The van der Waals surface area contributed by atoms with Crippen LogP contribution in [0.1, 0.15) is 35.8 Å². The molecule has 0 spiro atoms. The number of hydrogen-bond donors (Lipinski definition) is 0. The lowest BCUT2D eigenvalue weighted by molar-refractivity contribution is 0.0976. The number of hydrogen-bond acceptors (Lipinski definition) is 2. The summed E-state index contributed by atoms with van der Waals surface area (Å²) in [6.45, 7) is 3.84. The fourth-order valence-corrected chi connectivity index (χ4v) is 1.28. The third-order valence-electron chi connectivity index (χ3n) is 1.80. The predicted octanol–water partition coefficient (Wildman–Crippen LogP) is 3.03. The first-order chi connectivity index (χ1) is 6.15. The number of rotatable bonds is 3. The molecule has 0 saturated carbocycles. The van der Waals surface area contributed by atoms with Crippen molar-refractivity contribution in [2.24, 2.45) is 0 Å². The Morgan fingerprint density at radius 1 is 1.54 bits per heavy atom. The molecule has 3 heteroatoms. The molecule has 1 heterocycles. The normalized spacial score (nSPS) is 10.1. The van der Waals surface area contributed by atoms with Crippen LogP contribution in [0, 0.1) is 6.92 Å². The SMILES string of the molecule is CCCC(=O)c1nc(Cl)ccc1C. The van der Waals surface area contributed by atoms with E-state index >= 15 is 0 Å². The maximum absolute atomic E-state index is 11.5. The Balaban J connectivity index is 2.99. The number of carbonyl (C=O) groups excluding carboxylic acids is 1. The van der Waals surface area contributed by atoms with E-state index in [1.54, 1.807) is 6.07 Å². The maximum atomic E-state index is 11.5. The van der Waals surface area contributed by atoms with E-state index in [4.69, 9.17) is 11.6 Å². The Morgan fingerprint density at radius 2 is 2.23 bits per heavy atom. The van der Waals surface area contributed by atoms with Crippen molar-refractivity contribution in [3.05, 3.63) is 28.5 Å². The molecule has 0 aliphatic rings. The van der Waals surface area contributed by atoms with Crippen molar-refractivity contribution in [2.45, 2.75) is 26.7 Å². The molecule has 70 valence electrons. The van der Waals surface area contributed by atoms with Crippen molar-refractivity contribution < 1.29 is 4.79 Å². The largest absolute Gasteiger partial charge is 0.292 e. The van der Waals surface area contributed by atoms with Crippen molar-refractivity contribution in [2.75, 3.05) is 0 Å². The third-order valence-corrected chi connectivity index (χ3v) is 2.01. The molecule has 0 radical (unpaired) electrons. The monoisotopic (exact) mass is 197 g/mol. The Hall–Kier alpha value is -0.890. The van der Waals surface area contributed by atoms with Crippen molar-refractivity contribution in [1.82, 2.24) is 4.98 Å². The summed E-state index contributed by atoms with van der Waals surface area (Å²) in [5.41, 5.74) is 1.40. The topological polar surface area (TPSA) is 30.0 Å². The molecule has 0 saturated heterocycles. The Morgan fingerprint density at radius 3 is 2.85 bits per heavy atom. The molecule has 1 aromatic heterocycles. The highest BCUT2D eigenvalue weighted by molar-refractivity contribution is 6.29. The first kappa shape index (κ1) is 10.2. The van der Waals surface area contributed by atoms with Crippen LogP contribution in [0.25, 0.3) is 0 Å². The van der Waals surface area contributed by atoms with E-state index in [2.05, 4.69) is 4.98 Å². The summed E-state index contributed by atoms with van der Waals surface area (Å²) in [5.74, 6) is 0.0718. The van der Waals surface area contributed by atoms with E-state index in [1.165, 1.54) is 0 Å². The van der Waals surface area contributed by atoms with Crippen LogP contribution in [0.3, 0.4) is 0 Å². The van der Waals surface area contributed by atoms with Crippen LogP contribution in [0.15, 0.2) is 12.1 Å². The van der Waals surface area contributed by atoms with Crippen LogP contribution in [0.2, 0.25) is 5.15 Å². The van der Waals surface area contributed by atoms with Gasteiger partial charge in [0.25, 0.3) is 0 Å². The Bertz CT molecular complexity index is 323. The fourth-order valence-electron chi connectivity index (χ4n) is 1.13. The minimum Gasteiger partial charge on any atom is -0.292 e. The van der Waals surface area contributed by atoms with Crippen LogP contribution < -0.4 is 0 Å². The van der Waals surface area contributed by atoms with Gasteiger partial charge in [-0.05, 0) is 25.0 Å². The second kappa shape index (κ2) is 4.38. The predicted molar refractivity (Wildman–Crippen MR) is 53.2 cm³/mol. The van der Waals surface area contributed by atoms with E-state index in [0.29, 0.717) is 17.3 Å². The first-order valence-electron chi connectivity index (χ1n) is 4.31. The van der Waals surface area contributed by atoms with E-state index in [1.807, 2.05) is 19.9 Å². The van der Waals surface area contributed by atoms with Gasteiger partial charge in [-0.15, -0.1) is 0 Å². The fraction of sp³-hybridized carbons (Fsp3) is 0.400. The van der Waals surface area contributed by atoms with Gasteiger partial charge in [0, 0.05) is 6.42 Å². The summed E-state index contributed by atoms with van der Waals surface area (Å²) in [4.78, 5) is 15.5. The number of halogens is 1. The summed E-state index contributed by atoms with van der Waals surface area (Å²) < 4.78 is 0. The highest BCUT2D eigenvalue weighted by Crippen LogP contribution is 2.12. The van der Waals surface area contributed by atoms with Gasteiger partial charge in [0.1, 0.15) is 10.8 Å². The number of Topliss-reactive ketones (excluding diaryl/α,β-unsaturated/α-hetero) is 1. The second-order valence-electron chi connectivity index (χ2n) is 2.97. The van der Waals surface area contributed by atoms with Crippen LogP contribution in [0.5, 0.6) is 0 Å². The molecule has 0 atom stereocenters. The van der Waals surface area contributed by atoms with Crippen molar-refractivity contribution in [3.63, 3.8) is 0 Å². The molecule has 0 fully saturated rings. The van der Waals surface area contributed by atoms with Gasteiger partial charge < -0.3 is 0 Å². The van der Waals surface area contributed by atoms with Gasteiger partial charge in [-0.1, -0.05) is 24.6 Å². The maximum Gasteiger partial charge on any atom is 0.181 e. The number of pyridine rings is 1. The Labute approximate surface area is 82.9 Å². The van der Waals surface area contributed by atoms with Crippen molar-refractivity contribution in [3.8, 4) is 0 Å². The molecule has 13 heavy (non-hydrogen) atoms. The van der Waals surface area contributed by atoms with Crippen LogP contribution >= 0.6 is 11.6 Å². The van der Waals surface area contributed by atoms with E-state index in [0.717, 1.165) is 12.0 Å². The molecule has 1 rings (SSSR count). The summed E-state index contributed by atoms with van der Waals surface area (Å²) in [6.07, 6.45) is 1.38. The van der Waals surface area contributed by atoms with Crippen LogP contribution in [-0.2, 0) is 0 Å². The van der Waals surface area contributed by atoms with E-state index < -0.39 is 0 Å². The summed E-state index contributed by atoms with van der Waals surface area (Å²) in [5, 5.41) is 0.380. The zero-order valence-electron chi connectivity index (χ0n) is 7.80. The molecular weight excluding hydrogens is 186 g/mol. The Kier molecular flexibility index (Phi) is 3.43. The smallest absolute Gasteiger partial charge is 0.181 e. The average molecular weight is 198 g/mol. The van der Waals surface area contributed by atoms with Gasteiger partial charge in [0.2, 0.25) is 0 Å². The molecule has 0 N–H and O–H groups in total. The number of aromatic nitrogens is 1. The lowest BCUT2D eigenvalue weighted by atomic mass is 10.1. The highest BCUT2D eigenvalue weighted by atomic mass is 35.5. The number of aryl methyl sites for hydroxylation is 1. The van der Waals surface area contributed by atoms with Crippen LogP contribution in [0.4, 0.5) is 0 Å². The average Bonchev–Trinajstić information content (AvgIpc) is 2.09. The van der Waals surface area contributed by atoms with Gasteiger partial charge >= 0.3 is 0 Å². The first-order valence-corrected chi connectivity index (χ1v) is 4.69. The van der Waals surface area contributed by atoms with Gasteiger partial charge in [-0.2, -0.15) is 0 Å². The van der Waals surface area contributed by atoms with Gasteiger partial charge in [0.05, 0.1) is 0 Å². The van der Waals surface area contributed by atoms with Crippen molar-refractivity contribution in [1.29, 1.82) is 0 Å². The molecule has 0 bridgehead atoms. The lowest BCUT2D eigenvalue weighted by Crippen LogP contribution is -2.04. The molecule has 2 nitrogen and oxygen atoms in total. The molecule has 0 amide bonds. The molecule has 0 aromatic carbocycles. The van der Waals surface area contributed by atoms with Crippen LogP contribution in [-0.4, -0.2) is 10.8 Å². The number of carbonyl (C=O) groups is 1. The van der Waals surface area contributed by atoms with Gasteiger partial charge in [-0.25, -0.2) is 4.98 Å². The zero-order valence-corrected chi connectivity index (χ0v) is 8.56. The zero-order chi connectivity index (χ0) is 9.84. The molecule has 0 aliphatic carbocycles. The molecular formula is C10H12ClNO. The highest BCUT2D eigenvalue weighted by Gasteiger charge is 2.09. The summed E-state index contributed by atoms with van der Waals surface area (Å²) in [7, 11) is 0. The second-order valence-corrected chi connectivity index (χ2v) is 3.36. The van der Waals surface area contributed by atoms with Gasteiger partial charge in [-0.3, -0.25) is 4.79 Å². The number of nitrogens with zero attached hydrogens (tertiary/aromatic N) is 1. The standard InChI is InChI=1S/C10H12ClNO/c1-3-4-8(13)10-7(2)5-6-9(11)12-10/h5-6H,3-4H2,1-2H3. The van der Waals surface area contributed by atoms with Crippen molar-refractivity contribution >= 4 is 17.4 Å². The quantitative estimate of drug-likeness (QED) is 0.551. The molecule has 0 unspecified atom stereocenters. The summed E-state index contributed by atoms with van der Waals surface area (Å²) >= 11 is 5.70. The minimum atomic E-state index is 0.0718. The van der Waals surface area contributed by atoms with E-state index in [9.17, 15) is 4.79 Å². The number of ketones is 1. The van der Waals surface area contributed by atoms with E-state index in [-0.39, 0.29) is 5.78 Å². The molecule has 0 aliphatic heterocycles. The summed E-state index contributed by atoms with van der Waals surface area (Å²) in [6, 6.07) is 3.51. The van der Waals surface area contributed by atoms with Gasteiger partial charge in [0.15, 0.2) is 5.78 Å². The minimum absolute atomic E-state index is 0.0718. The lowest BCUT2D eigenvalue weighted by Gasteiger charge is -2.02. The molecule has 1 aromatic rings.